The van der Waals surface area contributed by atoms with Gasteiger partial charge in [0, 0.05) is 25.0 Å². The first-order valence-electron chi connectivity index (χ1n) is 10.5. The van der Waals surface area contributed by atoms with Gasteiger partial charge in [-0.1, -0.05) is 0 Å². The van der Waals surface area contributed by atoms with Gasteiger partial charge in [0.1, 0.15) is 11.4 Å². The Bertz CT molecular complexity index is 1090. The molecule has 0 radical (unpaired) electrons. The van der Waals surface area contributed by atoms with Crippen molar-refractivity contribution in [2.75, 3.05) is 34.6 Å². The Morgan fingerprint density at radius 2 is 2.03 bits per heavy atom. The Morgan fingerprint density at radius 3 is 2.72 bits per heavy atom. The molecule has 1 aromatic carbocycles. The summed E-state index contributed by atoms with van der Waals surface area (Å²) in [4.78, 5) is 7.82. The van der Waals surface area contributed by atoms with E-state index in [0.29, 0.717) is 56.6 Å². The lowest BCUT2D eigenvalue weighted by Gasteiger charge is -2.31. The predicted octanol–water partition coefficient (Wildman–Crippen LogP) is 3.24. The van der Waals surface area contributed by atoms with Gasteiger partial charge in [0.05, 0.1) is 10.9 Å². The fraction of sp³-hybridized carbons (Fsp3) is 0.500. The Hall–Kier alpha value is -2.60. The number of nitrogens with zero attached hydrogens (tertiary/aromatic N) is 3. The number of benzene rings is 1. The minimum Gasteiger partial charge on any atom is -0.369 e. The fourth-order valence-corrected chi connectivity index (χ4v) is 5.60. The monoisotopic (exact) mass is 470 g/mol. The van der Waals surface area contributed by atoms with E-state index in [2.05, 4.69) is 20.6 Å². The summed E-state index contributed by atoms with van der Waals surface area (Å²) in [6, 6.07) is 5.20. The summed E-state index contributed by atoms with van der Waals surface area (Å²) in [5, 5.41) is 5.31. The average molecular weight is 471 g/mol. The lowest BCUT2D eigenvalue weighted by molar-refractivity contribution is -0.137. The van der Waals surface area contributed by atoms with E-state index in [1.165, 1.54) is 4.31 Å². The number of hydrogen-bond donors (Lipinski definition) is 3. The number of nitrogens with two attached hydrogens (primary N) is 1. The van der Waals surface area contributed by atoms with Gasteiger partial charge in [-0.2, -0.15) is 18.2 Å². The minimum absolute atomic E-state index is 0.00599. The van der Waals surface area contributed by atoms with Crippen molar-refractivity contribution in [3.63, 3.8) is 0 Å². The summed E-state index contributed by atoms with van der Waals surface area (Å²) in [6.07, 6.45) is -0.555. The van der Waals surface area contributed by atoms with E-state index >= 15 is 0 Å². The molecule has 2 aromatic rings. The molecular formula is C20H25F3N6O2S. The van der Waals surface area contributed by atoms with Crippen LogP contribution >= 0.6 is 0 Å². The number of aromatic nitrogens is 2. The van der Waals surface area contributed by atoms with Crippen molar-refractivity contribution in [1.82, 2.24) is 9.97 Å². The second kappa shape index (κ2) is 8.74. The van der Waals surface area contributed by atoms with E-state index in [9.17, 15) is 21.6 Å². The quantitative estimate of drug-likeness (QED) is 0.508. The number of nitrogens with one attached hydrogen (secondary N) is 2. The van der Waals surface area contributed by atoms with Crippen LogP contribution in [0.2, 0.25) is 0 Å². The third-order valence-corrected chi connectivity index (χ3v) is 7.74. The topological polar surface area (TPSA) is 113 Å². The number of sulfonamides is 1. The summed E-state index contributed by atoms with van der Waals surface area (Å²) < 4.78 is 66.8. The van der Waals surface area contributed by atoms with E-state index < -0.39 is 21.8 Å². The van der Waals surface area contributed by atoms with Gasteiger partial charge in [0.2, 0.25) is 16.0 Å². The number of fused-ring (bicyclic) bond motifs is 1. The van der Waals surface area contributed by atoms with Crippen molar-refractivity contribution in [1.29, 1.82) is 0 Å². The second-order valence-electron chi connectivity index (χ2n) is 7.91. The number of halogens is 3. The molecule has 0 spiro atoms. The van der Waals surface area contributed by atoms with E-state index in [1.54, 1.807) is 18.2 Å². The van der Waals surface area contributed by atoms with Gasteiger partial charge in [-0.3, -0.25) is 4.31 Å². The summed E-state index contributed by atoms with van der Waals surface area (Å²) >= 11 is 0. The highest BCUT2D eigenvalue weighted by Gasteiger charge is 2.41. The standard InChI is InChI=1S/C20H25F3N6O2S/c21-20(22,23)16-12-26-19(28-18(16)25-9-2-8-24)27-14-4-7-17-13(11-14)3-1-10-29(17)32(30,31)15-5-6-15/h4,7,11-12,15H,1-3,5-6,8-10,24H2,(H2,25,26,27,28). The van der Waals surface area contributed by atoms with Crippen LogP contribution in [-0.2, 0) is 22.6 Å². The molecule has 1 fully saturated rings. The third kappa shape index (κ3) is 4.75. The van der Waals surface area contributed by atoms with Gasteiger partial charge in [-0.25, -0.2) is 13.4 Å². The van der Waals surface area contributed by atoms with Crippen LogP contribution in [0.25, 0.3) is 0 Å². The molecule has 174 valence electrons. The molecule has 1 aliphatic carbocycles. The Morgan fingerprint density at radius 1 is 1.25 bits per heavy atom. The molecule has 0 amide bonds. The van der Waals surface area contributed by atoms with Crippen LogP contribution < -0.4 is 20.7 Å². The summed E-state index contributed by atoms with van der Waals surface area (Å²) in [5.41, 5.74) is 6.55. The molecule has 12 heteroatoms. The molecule has 2 aliphatic rings. The third-order valence-electron chi connectivity index (χ3n) is 5.43. The van der Waals surface area contributed by atoms with Crippen molar-refractivity contribution in [2.24, 2.45) is 5.73 Å². The molecule has 0 saturated heterocycles. The average Bonchev–Trinajstić information content (AvgIpc) is 3.59. The first-order chi connectivity index (χ1) is 15.2. The number of alkyl halides is 3. The zero-order valence-electron chi connectivity index (χ0n) is 17.3. The van der Waals surface area contributed by atoms with Gasteiger partial charge in [-0.15, -0.1) is 0 Å². The van der Waals surface area contributed by atoms with Crippen molar-refractivity contribution in [3.05, 3.63) is 35.5 Å². The molecule has 8 nitrogen and oxygen atoms in total. The highest BCUT2D eigenvalue weighted by molar-refractivity contribution is 7.93. The molecule has 1 aliphatic heterocycles. The van der Waals surface area contributed by atoms with Crippen LogP contribution in [0.4, 0.5) is 36.3 Å². The van der Waals surface area contributed by atoms with Gasteiger partial charge >= 0.3 is 6.18 Å². The molecule has 1 saturated carbocycles. The SMILES string of the molecule is NCCCNc1nc(Nc2ccc3c(c2)CCCN3S(=O)(=O)C2CC2)ncc1C(F)(F)F. The molecule has 0 atom stereocenters. The van der Waals surface area contributed by atoms with Crippen molar-refractivity contribution < 1.29 is 21.6 Å². The Balaban J connectivity index is 1.57. The van der Waals surface area contributed by atoms with Gasteiger partial charge < -0.3 is 16.4 Å². The highest BCUT2D eigenvalue weighted by Crippen LogP contribution is 2.39. The first kappa shape index (κ1) is 22.6. The summed E-state index contributed by atoms with van der Waals surface area (Å²) in [6.45, 7) is 1.05. The largest absolute Gasteiger partial charge is 0.421 e. The van der Waals surface area contributed by atoms with Crippen LogP contribution in [0, 0.1) is 0 Å². The molecular weight excluding hydrogens is 445 g/mol. The van der Waals surface area contributed by atoms with Crippen LogP contribution in [0.5, 0.6) is 0 Å². The van der Waals surface area contributed by atoms with Crippen LogP contribution in [-0.4, -0.2) is 43.3 Å². The molecule has 0 unspecified atom stereocenters. The fourth-order valence-electron chi connectivity index (χ4n) is 3.67. The van der Waals surface area contributed by atoms with Crippen molar-refractivity contribution in [3.8, 4) is 0 Å². The number of aryl methyl sites for hydroxylation is 1. The maximum absolute atomic E-state index is 13.3. The maximum atomic E-state index is 13.3. The Kier molecular flexibility index (Phi) is 6.17. The van der Waals surface area contributed by atoms with Crippen LogP contribution in [0.1, 0.15) is 36.8 Å². The smallest absolute Gasteiger partial charge is 0.369 e. The number of anilines is 4. The van der Waals surface area contributed by atoms with Gasteiger partial charge in [0.25, 0.3) is 0 Å². The van der Waals surface area contributed by atoms with Crippen molar-refractivity contribution >= 4 is 33.2 Å². The lowest BCUT2D eigenvalue weighted by atomic mass is 10.0. The molecule has 0 bridgehead atoms. The van der Waals surface area contributed by atoms with Crippen LogP contribution in [0.15, 0.2) is 24.4 Å². The van der Waals surface area contributed by atoms with E-state index in [0.717, 1.165) is 11.8 Å². The maximum Gasteiger partial charge on any atom is 0.421 e. The zero-order chi connectivity index (χ0) is 22.9. The number of rotatable bonds is 8. The normalized spacial score (nSPS) is 16.6. The van der Waals surface area contributed by atoms with E-state index in [4.69, 9.17) is 5.73 Å². The van der Waals surface area contributed by atoms with Crippen LogP contribution in [0.3, 0.4) is 0 Å². The molecule has 1 aromatic heterocycles. The molecule has 32 heavy (non-hydrogen) atoms. The molecule has 4 N–H and O–H groups in total. The van der Waals surface area contributed by atoms with Crippen molar-refractivity contribution in [2.45, 2.75) is 43.5 Å². The lowest BCUT2D eigenvalue weighted by Crippen LogP contribution is -2.37. The zero-order valence-corrected chi connectivity index (χ0v) is 18.1. The number of hydrogen-bond acceptors (Lipinski definition) is 7. The summed E-state index contributed by atoms with van der Waals surface area (Å²) in [5.74, 6) is -0.311. The molecule has 4 rings (SSSR count). The van der Waals surface area contributed by atoms with Gasteiger partial charge in [-0.05, 0) is 62.4 Å². The summed E-state index contributed by atoms with van der Waals surface area (Å²) in [7, 11) is -3.34. The van der Waals surface area contributed by atoms with E-state index in [-0.39, 0.29) is 23.6 Å². The van der Waals surface area contributed by atoms with E-state index in [1.807, 2.05) is 0 Å². The highest BCUT2D eigenvalue weighted by atomic mass is 32.2. The van der Waals surface area contributed by atoms with Gasteiger partial charge in [0.15, 0.2) is 0 Å². The molecule has 2 heterocycles. The minimum atomic E-state index is -4.59. The second-order valence-corrected chi connectivity index (χ2v) is 10.0. The first-order valence-corrected chi connectivity index (χ1v) is 12.0. The Labute approximate surface area is 184 Å². The predicted molar refractivity (Wildman–Crippen MR) is 117 cm³/mol.